The van der Waals surface area contributed by atoms with Crippen molar-refractivity contribution >= 4 is 5.91 Å². The van der Waals surface area contributed by atoms with Crippen molar-refractivity contribution in [1.82, 2.24) is 19.8 Å². The molecule has 1 atom stereocenters. The number of carbonyl (C=O) groups excluding carboxylic acids is 1. The lowest BCUT2D eigenvalue weighted by Crippen LogP contribution is -2.41. The maximum absolute atomic E-state index is 12.1. The van der Waals surface area contributed by atoms with Crippen molar-refractivity contribution in [3.63, 3.8) is 0 Å². The van der Waals surface area contributed by atoms with E-state index >= 15 is 0 Å². The molecule has 150 valence electrons. The van der Waals surface area contributed by atoms with Gasteiger partial charge in [0.2, 0.25) is 5.91 Å². The van der Waals surface area contributed by atoms with Gasteiger partial charge in [0.05, 0.1) is 6.54 Å². The van der Waals surface area contributed by atoms with E-state index in [0.717, 1.165) is 70.8 Å². The Kier molecular flexibility index (Phi) is 6.39. The van der Waals surface area contributed by atoms with Crippen LogP contribution in [0.3, 0.4) is 0 Å². The number of amides is 1. The van der Waals surface area contributed by atoms with Crippen molar-refractivity contribution in [1.29, 1.82) is 0 Å². The molecule has 0 saturated carbocycles. The van der Waals surface area contributed by atoms with E-state index in [-0.39, 0.29) is 12.0 Å². The van der Waals surface area contributed by atoms with Crippen LogP contribution in [-0.4, -0.2) is 52.7 Å². The first-order valence-electron chi connectivity index (χ1n) is 10.4. The second-order valence-corrected chi connectivity index (χ2v) is 7.92. The molecule has 2 aliphatic heterocycles. The van der Waals surface area contributed by atoms with Gasteiger partial charge in [0.15, 0.2) is 0 Å². The molecule has 1 unspecified atom stereocenters. The van der Waals surface area contributed by atoms with Gasteiger partial charge in [0.1, 0.15) is 11.9 Å². The van der Waals surface area contributed by atoms with Gasteiger partial charge < -0.3 is 14.6 Å². The largest absolute Gasteiger partial charge is 0.368 e. The van der Waals surface area contributed by atoms with Crippen molar-refractivity contribution in [3.05, 3.63) is 54.1 Å². The van der Waals surface area contributed by atoms with E-state index < -0.39 is 0 Å². The summed E-state index contributed by atoms with van der Waals surface area (Å²) in [7, 11) is 0. The number of likely N-dealkylation sites (tertiary alicyclic amines) is 1. The number of carbonyl (C=O) groups is 1. The number of hydrogen-bond acceptors (Lipinski definition) is 4. The normalized spacial score (nSPS) is 21.1. The van der Waals surface area contributed by atoms with Crippen LogP contribution in [0.1, 0.15) is 37.1 Å². The van der Waals surface area contributed by atoms with Crippen LogP contribution in [0.2, 0.25) is 0 Å². The van der Waals surface area contributed by atoms with Gasteiger partial charge in [-0.1, -0.05) is 30.3 Å². The van der Waals surface area contributed by atoms with Crippen LogP contribution in [0.15, 0.2) is 42.7 Å². The molecule has 0 aliphatic carbocycles. The van der Waals surface area contributed by atoms with E-state index in [1.54, 1.807) is 0 Å². The Hall–Kier alpha value is -2.18. The number of benzene rings is 1. The Balaban J connectivity index is 1.22. The van der Waals surface area contributed by atoms with E-state index in [1.165, 1.54) is 5.56 Å². The molecule has 2 aliphatic rings. The molecule has 1 aromatic heterocycles. The summed E-state index contributed by atoms with van der Waals surface area (Å²) in [5, 5.41) is 3.09. The van der Waals surface area contributed by atoms with Gasteiger partial charge in [0.25, 0.3) is 0 Å². The molecule has 6 heteroatoms. The smallest absolute Gasteiger partial charge is 0.249 e. The standard InChI is InChI=1S/C22H30N4O2/c27-22(20-7-4-14-28-20)24-15-18-8-11-25(12-9-18)17-21-23-10-13-26(21)16-19-5-2-1-3-6-19/h1-3,5-6,10,13,18,20H,4,7-9,11-12,14-17H2,(H,24,27). The number of aromatic nitrogens is 2. The SMILES string of the molecule is O=C(NCC1CCN(Cc2nccn2Cc2ccccc2)CC1)C1CCCO1. The number of piperidine rings is 1. The third-order valence-corrected chi connectivity index (χ3v) is 5.86. The highest BCUT2D eigenvalue weighted by molar-refractivity contribution is 5.80. The quantitative estimate of drug-likeness (QED) is 0.799. The molecule has 0 bridgehead atoms. The lowest BCUT2D eigenvalue weighted by molar-refractivity contribution is -0.130. The molecule has 2 fully saturated rings. The summed E-state index contributed by atoms with van der Waals surface area (Å²) in [6, 6.07) is 10.5. The molecule has 1 aromatic carbocycles. The van der Waals surface area contributed by atoms with Crippen LogP contribution in [0.25, 0.3) is 0 Å². The summed E-state index contributed by atoms with van der Waals surface area (Å²) in [6.45, 7) is 5.35. The number of imidazole rings is 1. The summed E-state index contributed by atoms with van der Waals surface area (Å²) >= 11 is 0. The zero-order valence-corrected chi connectivity index (χ0v) is 16.4. The van der Waals surface area contributed by atoms with Gasteiger partial charge in [-0.15, -0.1) is 0 Å². The summed E-state index contributed by atoms with van der Waals surface area (Å²) in [4.78, 5) is 19.1. The van der Waals surface area contributed by atoms with Crippen molar-refractivity contribution in [2.45, 2.75) is 44.9 Å². The molecule has 0 radical (unpaired) electrons. The lowest BCUT2D eigenvalue weighted by atomic mass is 9.96. The molecule has 3 heterocycles. The average molecular weight is 383 g/mol. The van der Waals surface area contributed by atoms with Gasteiger partial charge >= 0.3 is 0 Å². The average Bonchev–Trinajstić information content (AvgIpc) is 3.41. The molecular formula is C22H30N4O2. The van der Waals surface area contributed by atoms with Crippen molar-refractivity contribution in [2.75, 3.05) is 26.2 Å². The second kappa shape index (κ2) is 9.34. The monoisotopic (exact) mass is 382 g/mol. The second-order valence-electron chi connectivity index (χ2n) is 7.92. The molecule has 1 N–H and O–H groups in total. The van der Waals surface area contributed by atoms with Crippen LogP contribution < -0.4 is 5.32 Å². The third kappa shape index (κ3) is 5.00. The van der Waals surface area contributed by atoms with E-state index in [1.807, 2.05) is 12.3 Å². The third-order valence-electron chi connectivity index (χ3n) is 5.86. The Morgan fingerprint density at radius 3 is 2.71 bits per heavy atom. The summed E-state index contributed by atoms with van der Waals surface area (Å²) in [6.07, 6.45) is 7.83. The molecule has 28 heavy (non-hydrogen) atoms. The van der Waals surface area contributed by atoms with Crippen LogP contribution in [0.4, 0.5) is 0 Å². The van der Waals surface area contributed by atoms with Gasteiger partial charge in [-0.3, -0.25) is 9.69 Å². The Bertz CT molecular complexity index is 747. The molecule has 6 nitrogen and oxygen atoms in total. The van der Waals surface area contributed by atoms with Gasteiger partial charge in [-0.05, 0) is 50.3 Å². The fourth-order valence-corrected chi connectivity index (χ4v) is 4.11. The first-order valence-corrected chi connectivity index (χ1v) is 10.4. The first-order chi connectivity index (χ1) is 13.8. The van der Waals surface area contributed by atoms with Gasteiger partial charge in [-0.25, -0.2) is 4.98 Å². The minimum atomic E-state index is -0.219. The van der Waals surface area contributed by atoms with Crippen molar-refractivity contribution < 1.29 is 9.53 Å². The fraction of sp³-hybridized carbons (Fsp3) is 0.545. The van der Waals surface area contributed by atoms with Gasteiger partial charge in [0, 0.05) is 32.1 Å². The highest BCUT2D eigenvalue weighted by atomic mass is 16.5. The molecular weight excluding hydrogens is 352 g/mol. The van der Waals surface area contributed by atoms with Crippen LogP contribution >= 0.6 is 0 Å². The molecule has 0 spiro atoms. The molecule has 1 amide bonds. The number of ether oxygens (including phenoxy) is 1. The predicted molar refractivity (Wildman–Crippen MR) is 108 cm³/mol. The van der Waals surface area contributed by atoms with Crippen LogP contribution in [0.5, 0.6) is 0 Å². The first kappa shape index (κ1) is 19.2. The number of nitrogens with zero attached hydrogens (tertiary/aromatic N) is 3. The number of rotatable bonds is 7. The van der Waals surface area contributed by atoms with Crippen molar-refractivity contribution in [3.8, 4) is 0 Å². The van der Waals surface area contributed by atoms with Gasteiger partial charge in [-0.2, -0.15) is 0 Å². The Morgan fingerprint density at radius 1 is 1.14 bits per heavy atom. The molecule has 2 saturated heterocycles. The minimum absolute atomic E-state index is 0.0721. The number of nitrogens with one attached hydrogen (secondary N) is 1. The van der Waals surface area contributed by atoms with Crippen LogP contribution in [0, 0.1) is 5.92 Å². The van der Waals surface area contributed by atoms with E-state index in [2.05, 4.69) is 50.2 Å². The van der Waals surface area contributed by atoms with Crippen molar-refractivity contribution in [2.24, 2.45) is 5.92 Å². The summed E-state index contributed by atoms with van der Waals surface area (Å²) in [5.41, 5.74) is 1.29. The Labute approximate surface area is 166 Å². The molecule has 2 aromatic rings. The summed E-state index contributed by atoms with van der Waals surface area (Å²) < 4.78 is 7.69. The maximum Gasteiger partial charge on any atom is 0.249 e. The number of hydrogen-bond donors (Lipinski definition) is 1. The van der Waals surface area contributed by atoms with Crippen LogP contribution in [-0.2, 0) is 22.6 Å². The maximum atomic E-state index is 12.1. The fourth-order valence-electron chi connectivity index (χ4n) is 4.11. The Morgan fingerprint density at radius 2 is 1.96 bits per heavy atom. The topological polar surface area (TPSA) is 59.4 Å². The predicted octanol–water partition coefficient (Wildman–Crippen LogP) is 2.44. The summed E-state index contributed by atoms with van der Waals surface area (Å²) in [5.74, 6) is 1.75. The molecule has 4 rings (SSSR count). The zero-order valence-electron chi connectivity index (χ0n) is 16.4. The van der Waals surface area contributed by atoms with E-state index in [9.17, 15) is 4.79 Å². The highest BCUT2D eigenvalue weighted by Gasteiger charge is 2.25. The van der Waals surface area contributed by atoms with E-state index in [4.69, 9.17) is 4.74 Å². The van der Waals surface area contributed by atoms with E-state index in [0.29, 0.717) is 5.92 Å². The minimum Gasteiger partial charge on any atom is -0.368 e. The highest BCUT2D eigenvalue weighted by Crippen LogP contribution is 2.19. The zero-order chi connectivity index (χ0) is 19.2. The lowest BCUT2D eigenvalue weighted by Gasteiger charge is -2.32.